The minimum Gasteiger partial charge on any atom is -0.299 e. The zero-order valence-electron chi connectivity index (χ0n) is 7.90. The predicted molar refractivity (Wildman–Crippen MR) is 54.2 cm³/mol. The normalized spacial score (nSPS) is 39.6. The number of Topliss-reactive ketones (excluding diaryl/α,β-unsaturated/α-hetero) is 2. The van der Waals surface area contributed by atoms with Crippen LogP contribution in [0.1, 0.15) is 19.8 Å². The van der Waals surface area contributed by atoms with E-state index in [0.717, 1.165) is 12.8 Å². The van der Waals surface area contributed by atoms with E-state index in [4.69, 9.17) is 0 Å². The van der Waals surface area contributed by atoms with Gasteiger partial charge in [-0.2, -0.15) is 0 Å². The zero-order chi connectivity index (χ0) is 10.3. The third kappa shape index (κ3) is 1.26. The van der Waals surface area contributed by atoms with Crippen molar-refractivity contribution in [1.82, 2.24) is 0 Å². The Balaban J connectivity index is 2.26. The molecule has 74 valence electrons. The van der Waals surface area contributed by atoms with Gasteiger partial charge in [-0.1, -0.05) is 0 Å². The number of hydrogen-bond acceptors (Lipinski definition) is 4. The number of aliphatic imine (C=N–C) groups is 1. The first-order valence-corrected chi connectivity index (χ1v) is 5.17. The maximum absolute atomic E-state index is 11.6. The average Bonchev–Trinajstić information content (AvgIpc) is 2.61. The standard InChI is InChI=1S/C10H11NO2S/c1-5(12)9-7-2-6(10(9)13)3-8(7)11-4-14/h6-9H,2-3H2,1H3. The molecule has 2 aliphatic rings. The molecular formula is C10H11NO2S. The first-order chi connectivity index (χ1) is 6.65. The molecule has 2 bridgehead atoms. The lowest BCUT2D eigenvalue weighted by atomic mass is 9.82. The molecule has 0 aliphatic heterocycles. The molecule has 4 atom stereocenters. The minimum absolute atomic E-state index is 0.0215. The Morgan fingerprint density at radius 3 is 2.79 bits per heavy atom. The van der Waals surface area contributed by atoms with Crippen LogP contribution in [0.25, 0.3) is 0 Å². The molecule has 2 rings (SSSR count). The van der Waals surface area contributed by atoms with Gasteiger partial charge in [-0.05, 0) is 37.9 Å². The Morgan fingerprint density at radius 1 is 1.57 bits per heavy atom. The molecule has 0 aromatic carbocycles. The van der Waals surface area contributed by atoms with Gasteiger partial charge in [0.25, 0.3) is 0 Å². The van der Waals surface area contributed by atoms with Crippen molar-refractivity contribution in [2.75, 3.05) is 0 Å². The van der Waals surface area contributed by atoms with Crippen molar-refractivity contribution >= 4 is 28.9 Å². The van der Waals surface area contributed by atoms with E-state index in [1.54, 1.807) is 0 Å². The van der Waals surface area contributed by atoms with E-state index in [1.165, 1.54) is 6.92 Å². The van der Waals surface area contributed by atoms with Crippen LogP contribution in [0, 0.1) is 17.8 Å². The van der Waals surface area contributed by atoms with Crippen molar-refractivity contribution in [3.05, 3.63) is 0 Å². The van der Waals surface area contributed by atoms with E-state index in [1.807, 2.05) is 0 Å². The Hall–Kier alpha value is -0.860. The van der Waals surface area contributed by atoms with E-state index >= 15 is 0 Å². The SMILES string of the molecule is CC(=O)C1C(=O)C2CC(N=C=S)C1C2. The highest BCUT2D eigenvalue weighted by Gasteiger charge is 2.53. The van der Waals surface area contributed by atoms with Gasteiger partial charge < -0.3 is 0 Å². The highest BCUT2D eigenvalue weighted by molar-refractivity contribution is 7.78. The number of carbonyl (C=O) groups excluding carboxylic acids is 2. The molecule has 2 aliphatic carbocycles. The fraction of sp³-hybridized carbons (Fsp3) is 0.700. The summed E-state index contributed by atoms with van der Waals surface area (Å²) < 4.78 is 0. The maximum Gasteiger partial charge on any atom is 0.146 e. The minimum atomic E-state index is -0.411. The summed E-state index contributed by atoms with van der Waals surface area (Å²) in [6.07, 6.45) is 1.57. The smallest absolute Gasteiger partial charge is 0.146 e. The summed E-state index contributed by atoms with van der Waals surface area (Å²) in [6.45, 7) is 1.49. The lowest BCUT2D eigenvalue weighted by Crippen LogP contribution is -2.34. The molecule has 0 radical (unpaired) electrons. The average molecular weight is 209 g/mol. The molecule has 0 spiro atoms. The quantitative estimate of drug-likeness (QED) is 0.391. The van der Waals surface area contributed by atoms with Gasteiger partial charge in [0.1, 0.15) is 11.6 Å². The fourth-order valence-electron chi connectivity index (χ4n) is 2.82. The van der Waals surface area contributed by atoms with Gasteiger partial charge in [-0.3, -0.25) is 9.59 Å². The molecule has 2 saturated carbocycles. The fourth-order valence-corrected chi connectivity index (χ4v) is 2.96. The van der Waals surface area contributed by atoms with Crippen LogP contribution in [0.4, 0.5) is 0 Å². The number of rotatable bonds is 2. The summed E-state index contributed by atoms with van der Waals surface area (Å²) in [5, 5.41) is 2.35. The first kappa shape index (κ1) is 9.69. The molecule has 3 nitrogen and oxygen atoms in total. The molecule has 4 unspecified atom stereocenters. The molecule has 0 aromatic heterocycles. The molecule has 4 heteroatoms. The summed E-state index contributed by atoms with van der Waals surface area (Å²) in [6, 6.07) is 0.0594. The largest absolute Gasteiger partial charge is 0.299 e. The highest BCUT2D eigenvalue weighted by Crippen LogP contribution is 2.47. The molecule has 0 heterocycles. The van der Waals surface area contributed by atoms with Crippen LogP contribution >= 0.6 is 12.2 Å². The summed E-state index contributed by atoms with van der Waals surface area (Å²) >= 11 is 4.55. The number of ketones is 2. The van der Waals surface area contributed by atoms with Gasteiger partial charge in [-0.25, -0.2) is 4.99 Å². The lowest BCUT2D eigenvalue weighted by molar-refractivity contribution is -0.134. The number of fused-ring (bicyclic) bond motifs is 2. The second-order valence-corrected chi connectivity index (χ2v) is 4.29. The van der Waals surface area contributed by atoms with E-state index in [-0.39, 0.29) is 29.4 Å². The molecule has 0 amide bonds. The number of nitrogens with zero attached hydrogens (tertiary/aromatic N) is 1. The molecule has 0 saturated heterocycles. The van der Waals surface area contributed by atoms with Crippen molar-refractivity contribution in [3.63, 3.8) is 0 Å². The highest BCUT2D eigenvalue weighted by atomic mass is 32.1. The zero-order valence-corrected chi connectivity index (χ0v) is 8.71. The third-order valence-electron chi connectivity index (χ3n) is 3.37. The Labute approximate surface area is 87.6 Å². The van der Waals surface area contributed by atoms with Crippen LogP contribution < -0.4 is 0 Å². The number of isothiocyanates is 1. The maximum atomic E-state index is 11.6. The van der Waals surface area contributed by atoms with Gasteiger partial charge in [-0.15, -0.1) is 0 Å². The number of thiocarbonyl (C=S) groups is 1. The Kier molecular flexibility index (Phi) is 2.33. The van der Waals surface area contributed by atoms with Crippen LogP contribution in [-0.2, 0) is 9.59 Å². The molecule has 14 heavy (non-hydrogen) atoms. The third-order valence-corrected chi connectivity index (χ3v) is 3.48. The van der Waals surface area contributed by atoms with E-state index in [0.29, 0.717) is 0 Å². The molecule has 0 N–H and O–H groups in total. The van der Waals surface area contributed by atoms with E-state index in [2.05, 4.69) is 22.4 Å². The Morgan fingerprint density at radius 2 is 2.29 bits per heavy atom. The predicted octanol–water partition coefficient (Wildman–Crippen LogP) is 1.27. The second kappa shape index (κ2) is 3.37. The van der Waals surface area contributed by atoms with E-state index < -0.39 is 5.92 Å². The van der Waals surface area contributed by atoms with Crippen LogP contribution in [-0.4, -0.2) is 22.8 Å². The van der Waals surface area contributed by atoms with Crippen LogP contribution in [0.5, 0.6) is 0 Å². The lowest BCUT2D eigenvalue weighted by Gasteiger charge is -2.22. The van der Waals surface area contributed by atoms with Crippen molar-refractivity contribution in [1.29, 1.82) is 0 Å². The van der Waals surface area contributed by atoms with Crippen LogP contribution in [0.15, 0.2) is 4.99 Å². The van der Waals surface area contributed by atoms with Gasteiger partial charge >= 0.3 is 0 Å². The topological polar surface area (TPSA) is 46.5 Å². The van der Waals surface area contributed by atoms with E-state index in [9.17, 15) is 9.59 Å². The number of hydrogen-bond donors (Lipinski definition) is 0. The molecular weight excluding hydrogens is 198 g/mol. The summed E-state index contributed by atoms with van der Waals surface area (Å²) in [7, 11) is 0. The molecule has 2 fully saturated rings. The number of carbonyl (C=O) groups is 2. The Bertz CT molecular complexity index is 346. The van der Waals surface area contributed by atoms with Crippen LogP contribution in [0.2, 0.25) is 0 Å². The van der Waals surface area contributed by atoms with Crippen molar-refractivity contribution in [3.8, 4) is 0 Å². The van der Waals surface area contributed by atoms with Crippen molar-refractivity contribution in [2.24, 2.45) is 22.7 Å². The summed E-state index contributed by atoms with van der Waals surface area (Å²) in [5.74, 6) is -0.164. The van der Waals surface area contributed by atoms with Crippen molar-refractivity contribution in [2.45, 2.75) is 25.8 Å². The van der Waals surface area contributed by atoms with Crippen molar-refractivity contribution < 1.29 is 9.59 Å². The van der Waals surface area contributed by atoms with Gasteiger partial charge in [0.15, 0.2) is 0 Å². The monoisotopic (exact) mass is 209 g/mol. The second-order valence-electron chi connectivity index (χ2n) is 4.11. The summed E-state index contributed by atoms with van der Waals surface area (Å²) in [5.41, 5.74) is 0. The molecule has 0 aromatic rings. The first-order valence-electron chi connectivity index (χ1n) is 4.76. The van der Waals surface area contributed by atoms with Gasteiger partial charge in [0.05, 0.1) is 17.1 Å². The summed E-state index contributed by atoms with van der Waals surface area (Å²) in [4.78, 5) is 27.0. The van der Waals surface area contributed by atoms with Crippen LogP contribution in [0.3, 0.4) is 0 Å². The van der Waals surface area contributed by atoms with Gasteiger partial charge in [0, 0.05) is 5.92 Å². The van der Waals surface area contributed by atoms with Gasteiger partial charge in [0.2, 0.25) is 0 Å².